The molecule has 2 aromatic carbocycles. The van der Waals surface area contributed by atoms with Crippen LogP contribution in [0.4, 0.5) is 0 Å². The van der Waals surface area contributed by atoms with Gasteiger partial charge in [-0.1, -0.05) is 61.7 Å². The summed E-state index contributed by atoms with van der Waals surface area (Å²) >= 11 is 0. The second-order valence-corrected chi connectivity index (χ2v) is 6.14. The van der Waals surface area contributed by atoms with Crippen molar-refractivity contribution in [1.82, 2.24) is 5.32 Å². The van der Waals surface area contributed by atoms with Gasteiger partial charge in [0.1, 0.15) is 0 Å². The fourth-order valence-corrected chi connectivity index (χ4v) is 3.75. The molecule has 106 valence electrons. The molecule has 1 aliphatic carbocycles. The molecule has 0 bridgehead atoms. The third kappa shape index (κ3) is 2.88. The lowest BCUT2D eigenvalue weighted by molar-refractivity contribution is 0.277. The highest BCUT2D eigenvalue weighted by Crippen LogP contribution is 2.29. The Kier molecular flexibility index (Phi) is 4.37. The van der Waals surface area contributed by atoms with Gasteiger partial charge in [-0.15, -0.1) is 0 Å². The van der Waals surface area contributed by atoms with E-state index in [1.807, 2.05) is 0 Å². The maximum absolute atomic E-state index is 3.58. The molecule has 0 saturated heterocycles. The summed E-state index contributed by atoms with van der Waals surface area (Å²) in [7, 11) is 2.13. The Morgan fingerprint density at radius 3 is 2.55 bits per heavy atom. The molecule has 0 radical (unpaired) electrons. The number of benzene rings is 2. The molecule has 1 fully saturated rings. The molecule has 1 nitrogen and oxygen atoms in total. The van der Waals surface area contributed by atoms with Gasteiger partial charge in [0.25, 0.3) is 0 Å². The first kappa shape index (κ1) is 13.6. The van der Waals surface area contributed by atoms with E-state index in [1.165, 1.54) is 48.4 Å². The zero-order chi connectivity index (χ0) is 13.8. The van der Waals surface area contributed by atoms with Gasteiger partial charge in [-0.05, 0) is 48.6 Å². The van der Waals surface area contributed by atoms with Gasteiger partial charge in [0.15, 0.2) is 0 Å². The Morgan fingerprint density at radius 1 is 1.00 bits per heavy atom. The van der Waals surface area contributed by atoms with E-state index in [4.69, 9.17) is 0 Å². The molecule has 2 aromatic rings. The van der Waals surface area contributed by atoms with Crippen molar-refractivity contribution in [3.63, 3.8) is 0 Å². The number of nitrogens with one attached hydrogen (secondary N) is 1. The van der Waals surface area contributed by atoms with Crippen LogP contribution in [0.15, 0.2) is 42.5 Å². The third-order valence-corrected chi connectivity index (χ3v) is 4.91. The Bertz CT molecular complexity index is 549. The van der Waals surface area contributed by atoms with Gasteiger partial charge in [0, 0.05) is 6.04 Å². The summed E-state index contributed by atoms with van der Waals surface area (Å²) in [6.45, 7) is 0. The van der Waals surface area contributed by atoms with E-state index in [0.29, 0.717) is 6.04 Å². The SMILES string of the molecule is CNC(Cc1cccc2ccccc12)C1CCCCC1. The Balaban J connectivity index is 1.83. The average molecular weight is 267 g/mol. The zero-order valence-electron chi connectivity index (χ0n) is 12.4. The molecule has 1 heteroatoms. The van der Waals surface area contributed by atoms with E-state index in [9.17, 15) is 0 Å². The van der Waals surface area contributed by atoms with Gasteiger partial charge in [0.05, 0.1) is 0 Å². The highest BCUT2D eigenvalue weighted by molar-refractivity contribution is 5.85. The van der Waals surface area contributed by atoms with Crippen LogP contribution < -0.4 is 5.32 Å². The molecule has 0 aliphatic heterocycles. The number of hydrogen-bond donors (Lipinski definition) is 1. The second kappa shape index (κ2) is 6.41. The minimum absolute atomic E-state index is 0.626. The van der Waals surface area contributed by atoms with Crippen LogP contribution in [-0.4, -0.2) is 13.1 Å². The van der Waals surface area contributed by atoms with Crippen molar-refractivity contribution in [2.45, 2.75) is 44.6 Å². The van der Waals surface area contributed by atoms with E-state index >= 15 is 0 Å². The van der Waals surface area contributed by atoms with Crippen LogP contribution in [-0.2, 0) is 6.42 Å². The first-order chi connectivity index (χ1) is 9.88. The number of likely N-dealkylation sites (N-methyl/N-ethyl adjacent to an activating group) is 1. The maximum Gasteiger partial charge on any atom is 0.0133 e. The van der Waals surface area contributed by atoms with Crippen LogP contribution >= 0.6 is 0 Å². The van der Waals surface area contributed by atoms with Gasteiger partial charge in [-0.2, -0.15) is 0 Å². The van der Waals surface area contributed by atoms with E-state index in [-0.39, 0.29) is 0 Å². The molecule has 0 aromatic heterocycles. The fraction of sp³-hybridized carbons (Fsp3) is 0.474. The number of fused-ring (bicyclic) bond motifs is 1. The molecular formula is C19H25N. The number of hydrogen-bond acceptors (Lipinski definition) is 1. The molecule has 0 spiro atoms. The molecule has 3 rings (SSSR count). The summed E-state index contributed by atoms with van der Waals surface area (Å²) in [5, 5.41) is 6.37. The second-order valence-electron chi connectivity index (χ2n) is 6.14. The molecular weight excluding hydrogens is 242 g/mol. The molecule has 0 heterocycles. The quantitative estimate of drug-likeness (QED) is 0.857. The Labute approximate surface area is 122 Å². The van der Waals surface area contributed by atoms with E-state index in [1.54, 1.807) is 0 Å². The van der Waals surface area contributed by atoms with Gasteiger partial charge in [-0.3, -0.25) is 0 Å². The third-order valence-electron chi connectivity index (χ3n) is 4.91. The summed E-state index contributed by atoms with van der Waals surface area (Å²) < 4.78 is 0. The average Bonchev–Trinajstić information content (AvgIpc) is 2.53. The van der Waals surface area contributed by atoms with Crippen LogP contribution in [0.5, 0.6) is 0 Å². The lowest BCUT2D eigenvalue weighted by Gasteiger charge is -2.30. The van der Waals surface area contributed by atoms with Crippen molar-refractivity contribution in [2.75, 3.05) is 7.05 Å². The van der Waals surface area contributed by atoms with Crippen LogP contribution in [0.1, 0.15) is 37.7 Å². The lowest BCUT2D eigenvalue weighted by Crippen LogP contribution is -2.36. The van der Waals surface area contributed by atoms with E-state index < -0.39 is 0 Å². The lowest BCUT2D eigenvalue weighted by atomic mass is 9.81. The van der Waals surface area contributed by atoms with Crippen LogP contribution in [0.2, 0.25) is 0 Å². The monoisotopic (exact) mass is 267 g/mol. The van der Waals surface area contributed by atoms with Crippen LogP contribution in [0.25, 0.3) is 10.8 Å². The first-order valence-corrected chi connectivity index (χ1v) is 8.02. The summed E-state index contributed by atoms with van der Waals surface area (Å²) in [5.74, 6) is 0.854. The summed E-state index contributed by atoms with van der Waals surface area (Å²) in [6, 6.07) is 16.1. The van der Waals surface area contributed by atoms with Crippen molar-refractivity contribution >= 4 is 10.8 Å². The highest BCUT2D eigenvalue weighted by Gasteiger charge is 2.22. The van der Waals surface area contributed by atoms with Crippen molar-refractivity contribution < 1.29 is 0 Å². The minimum atomic E-state index is 0.626. The zero-order valence-corrected chi connectivity index (χ0v) is 12.4. The highest BCUT2D eigenvalue weighted by atomic mass is 14.9. The standard InChI is InChI=1S/C19H25N/c1-20-19(16-9-3-2-4-10-16)14-17-12-7-11-15-8-5-6-13-18(15)17/h5-8,11-13,16,19-20H,2-4,9-10,14H2,1H3. The number of rotatable bonds is 4. The molecule has 1 saturated carbocycles. The Hall–Kier alpha value is -1.34. The smallest absolute Gasteiger partial charge is 0.0133 e. The van der Waals surface area contributed by atoms with Crippen molar-refractivity contribution in [3.8, 4) is 0 Å². The molecule has 0 amide bonds. The molecule has 1 aliphatic rings. The van der Waals surface area contributed by atoms with E-state index in [2.05, 4.69) is 54.8 Å². The van der Waals surface area contributed by atoms with Gasteiger partial charge >= 0.3 is 0 Å². The van der Waals surface area contributed by atoms with E-state index in [0.717, 1.165) is 12.3 Å². The molecule has 1 N–H and O–H groups in total. The Morgan fingerprint density at radius 2 is 1.75 bits per heavy atom. The van der Waals surface area contributed by atoms with Crippen LogP contribution in [0, 0.1) is 5.92 Å². The summed E-state index contributed by atoms with van der Waals surface area (Å²) in [5.41, 5.74) is 1.49. The van der Waals surface area contributed by atoms with Crippen molar-refractivity contribution in [3.05, 3.63) is 48.0 Å². The summed E-state index contributed by atoms with van der Waals surface area (Å²) in [4.78, 5) is 0. The largest absolute Gasteiger partial charge is 0.316 e. The van der Waals surface area contributed by atoms with Gasteiger partial charge in [-0.25, -0.2) is 0 Å². The normalized spacial score (nSPS) is 18.2. The molecule has 1 unspecified atom stereocenters. The fourth-order valence-electron chi connectivity index (χ4n) is 3.75. The predicted octanol–water partition coefficient (Wildman–Crippen LogP) is 4.55. The van der Waals surface area contributed by atoms with Crippen LogP contribution in [0.3, 0.4) is 0 Å². The molecule has 20 heavy (non-hydrogen) atoms. The predicted molar refractivity (Wildman–Crippen MR) is 87.1 cm³/mol. The van der Waals surface area contributed by atoms with Crippen molar-refractivity contribution in [2.24, 2.45) is 5.92 Å². The topological polar surface area (TPSA) is 12.0 Å². The van der Waals surface area contributed by atoms with Gasteiger partial charge < -0.3 is 5.32 Å². The summed E-state index contributed by atoms with van der Waals surface area (Å²) in [6.07, 6.45) is 8.22. The first-order valence-electron chi connectivity index (χ1n) is 8.02. The molecule has 1 atom stereocenters. The maximum atomic E-state index is 3.58. The van der Waals surface area contributed by atoms with Gasteiger partial charge in [0.2, 0.25) is 0 Å². The minimum Gasteiger partial charge on any atom is -0.316 e. The van der Waals surface area contributed by atoms with Crippen molar-refractivity contribution in [1.29, 1.82) is 0 Å².